The SMILES string of the molecule is CNc1ccc(Cl)cc1C(=O)Nc1ccsc1. The van der Waals surface area contributed by atoms with Crippen LogP contribution in [-0.4, -0.2) is 13.0 Å². The topological polar surface area (TPSA) is 41.1 Å². The first-order valence-corrected chi connectivity index (χ1v) is 6.33. The Morgan fingerprint density at radius 1 is 1.35 bits per heavy atom. The molecular formula is C12H11ClN2OS. The summed E-state index contributed by atoms with van der Waals surface area (Å²) in [7, 11) is 1.77. The molecule has 1 aromatic carbocycles. The lowest BCUT2D eigenvalue weighted by Gasteiger charge is -2.09. The molecular weight excluding hydrogens is 256 g/mol. The molecule has 17 heavy (non-hydrogen) atoms. The Labute approximate surface area is 108 Å². The van der Waals surface area contributed by atoms with E-state index in [4.69, 9.17) is 11.6 Å². The lowest BCUT2D eigenvalue weighted by Crippen LogP contribution is -2.13. The van der Waals surface area contributed by atoms with E-state index >= 15 is 0 Å². The molecule has 1 amide bonds. The first kappa shape index (κ1) is 12.0. The minimum Gasteiger partial charge on any atom is -0.387 e. The Morgan fingerprint density at radius 2 is 2.18 bits per heavy atom. The Hall–Kier alpha value is -1.52. The van der Waals surface area contributed by atoms with Gasteiger partial charge in [0.1, 0.15) is 0 Å². The van der Waals surface area contributed by atoms with Gasteiger partial charge in [0.15, 0.2) is 0 Å². The number of thiophene rings is 1. The van der Waals surface area contributed by atoms with Crippen LogP contribution in [0.25, 0.3) is 0 Å². The number of hydrogen-bond donors (Lipinski definition) is 2. The summed E-state index contributed by atoms with van der Waals surface area (Å²) in [6.07, 6.45) is 0. The van der Waals surface area contributed by atoms with Gasteiger partial charge in [-0.1, -0.05) is 11.6 Å². The molecule has 0 aliphatic rings. The van der Waals surface area contributed by atoms with Crippen molar-refractivity contribution < 1.29 is 4.79 Å². The Bertz CT molecular complexity index is 525. The number of carbonyl (C=O) groups excluding carboxylic acids is 1. The fourth-order valence-corrected chi connectivity index (χ4v) is 2.22. The fourth-order valence-electron chi connectivity index (χ4n) is 1.46. The van der Waals surface area contributed by atoms with Gasteiger partial charge in [-0.15, -0.1) is 0 Å². The Balaban J connectivity index is 2.26. The van der Waals surface area contributed by atoms with E-state index in [-0.39, 0.29) is 5.91 Å². The van der Waals surface area contributed by atoms with Crippen molar-refractivity contribution in [3.05, 3.63) is 45.6 Å². The zero-order chi connectivity index (χ0) is 12.3. The maximum Gasteiger partial charge on any atom is 0.257 e. The van der Waals surface area contributed by atoms with Gasteiger partial charge >= 0.3 is 0 Å². The highest BCUT2D eigenvalue weighted by molar-refractivity contribution is 7.08. The summed E-state index contributed by atoms with van der Waals surface area (Å²) < 4.78 is 0. The predicted octanol–water partition coefficient (Wildman–Crippen LogP) is 3.70. The van der Waals surface area contributed by atoms with E-state index in [2.05, 4.69) is 10.6 Å². The molecule has 0 aliphatic heterocycles. The molecule has 1 heterocycles. The molecule has 0 fully saturated rings. The number of carbonyl (C=O) groups is 1. The second-order valence-corrected chi connectivity index (χ2v) is 4.62. The highest BCUT2D eigenvalue weighted by Gasteiger charge is 2.11. The van der Waals surface area contributed by atoms with E-state index in [1.165, 1.54) is 11.3 Å². The van der Waals surface area contributed by atoms with Gasteiger partial charge in [0.25, 0.3) is 5.91 Å². The molecule has 0 aliphatic carbocycles. The highest BCUT2D eigenvalue weighted by Crippen LogP contribution is 2.22. The summed E-state index contributed by atoms with van der Waals surface area (Å²) in [6, 6.07) is 7.03. The van der Waals surface area contributed by atoms with Crippen molar-refractivity contribution in [1.82, 2.24) is 0 Å². The largest absolute Gasteiger partial charge is 0.387 e. The molecule has 0 saturated carbocycles. The van der Waals surface area contributed by atoms with Crippen LogP contribution in [0.3, 0.4) is 0 Å². The number of halogens is 1. The minimum absolute atomic E-state index is 0.171. The number of nitrogens with one attached hydrogen (secondary N) is 2. The summed E-state index contributed by atoms with van der Waals surface area (Å²) in [4.78, 5) is 12.0. The van der Waals surface area contributed by atoms with Crippen molar-refractivity contribution >= 4 is 40.2 Å². The van der Waals surface area contributed by atoms with Gasteiger partial charge in [0, 0.05) is 23.1 Å². The Kier molecular flexibility index (Phi) is 3.66. The monoisotopic (exact) mass is 266 g/mol. The van der Waals surface area contributed by atoms with Gasteiger partial charge in [-0.25, -0.2) is 0 Å². The van der Waals surface area contributed by atoms with Crippen LogP contribution >= 0.6 is 22.9 Å². The zero-order valence-electron chi connectivity index (χ0n) is 9.16. The summed E-state index contributed by atoms with van der Waals surface area (Å²) in [6.45, 7) is 0. The van der Waals surface area contributed by atoms with Gasteiger partial charge in [-0.3, -0.25) is 4.79 Å². The number of hydrogen-bond acceptors (Lipinski definition) is 3. The second kappa shape index (κ2) is 5.21. The van der Waals surface area contributed by atoms with E-state index < -0.39 is 0 Å². The summed E-state index contributed by atoms with van der Waals surface area (Å²) in [5.41, 5.74) is 2.08. The summed E-state index contributed by atoms with van der Waals surface area (Å²) in [5.74, 6) is -0.171. The van der Waals surface area contributed by atoms with Gasteiger partial charge < -0.3 is 10.6 Å². The van der Waals surface area contributed by atoms with E-state index in [0.717, 1.165) is 11.4 Å². The molecule has 88 valence electrons. The van der Waals surface area contributed by atoms with Crippen LogP contribution in [-0.2, 0) is 0 Å². The first-order valence-electron chi connectivity index (χ1n) is 5.01. The van der Waals surface area contributed by atoms with Gasteiger partial charge in [-0.05, 0) is 29.6 Å². The molecule has 3 nitrogen and oxygen atoms in total. The normalized spacial score (nSPS) is 10.0. The molecule has 0 spiro atoms. The van der Waals surface area contributed by atoms with Crippen LogP contribution in [0.2, 0.25) is 5.02 Å². The van der Waals surface area contributed by atoms with Crippen molar-refractivity contribution in [2.45, 2.75) is 0 Å². The van der Waals surface area contributed by atoms with Crippen molar-refractivity contribution in [2.24, 2.45) is 0 Å². The highest BCUT2D eigenvalue weighted by atomic mass is 35.5. The average molecular weight is 267 g/mol. The van der Waals surface area contributed by atoms with Crippen LogP contribution in [0.15, 0.2) is 35.0 Å². The van der Waals surface area contributed by atoms with Crippen molar-refractivity contribution in [2.75, 3.05) is 17.7 Å². The Morgan fingerprint density at radius 3 is 2.82 bits per heavy atom. The standard InChI is InChI=1S/C12H11ClN2OS/c1-14-11-3-2-8(13)6-10(11)12(16)15-9-4-5-17-7-9/h2-7,14H,1H3,(H,15,16). The molecule has 0 atom stereocenters. The lowest BCUT2D eigenvalue weighted by atomic mass is 10.1. The second-order valence-electron chi connectivity index (χ2n) is 3.41. The van der Waals surface area contributed by atoms with E-state index in [1.54, 1.807) is 25.2 Å². The maximum atomic E-state index is 12.0. The molecule has 2 N–H and O–H groups in total. The van der Waals surface area contributed by atoms with Crippen LogP contribution < -0.4 is 10.6 Å². The van der Waals surface area contributed by atoms with Gasteiger partial charge in [-0.2, -0.15) is 11.3 Å². The smallest absolute Gasteiger partial charge is 0.257 e. The third-order valence-electron chi connectivity index (χ3n) is 2.27. The van der Waals surface area contributed by atoms with Crippen LogP contribution in [0.5, 0.6) is 0 Å². The molecule has 2 aromatic rings. The average Bonchev–Trinajstić information content (AvgIpc) is 2.81. The van der Waals surface area contributed by atoms with Crippen LogP contribution in [0, 0.1) is 0 Å². The zero-order valence-corrected chi connectivity index (χ0v) is 10.7. The van der Waals surface area contributed by atoms with Crippen molar-refractivity contribution in [1.29, 1.82) is 0 Å². The summed E-state index contributed by atoms with van der Waals surface area (Å²) in [5, 5.41) is 10.1. The first-order chi connectivity index (χ1) is 8.20. The predicted molar refractivity (Wildman–Crippen MR) is 73.3 cm³/mol. The van der Waals surface area contributed by atoms with Crippen LogP contribution in [0.4, 0.5) is 11.4 Å². The fraction of sp³-hybridized carbons (Fsp3) is 0.0833. The maximum absolute atomic E-state index is 12.0. The van der Waals surface area contributed by atoms with E-state index in [0.29, 0.717) is 10.6 Å². The number of benzene rings is 1. The third kappa shape index (κ3) is 2.78. The van der Waals surface area contributed by atoms with Crippen molar-refractivity contribution in [3.63, 3.8) is 0 Å². The molecule has 0 unspecified atom stereocenters. The number of rotatable bonds is 3. The number of anilines is 2. The molecule has 5 heteroatoms. The van der Waals surface area contributed by atoms with Crippen LogP contribution in [0.1, 0.15) is 10.4 Å². The molecule has 0 bridgehead atoms. The van der Waals surface area contributed by atoms with Gasteiger partial charge in [0.2, 0.25) is 0 Å². The molecule has 0 saturated heterocycles. The molecule has 1 aromatic heterocycles. The van der Waals surface area contributed by atoms with Crippen molar-refractivity contribution in [3.8, 4) is 0 Å². The van der Waals surface area contributed by atoms with E-state index in [9.17, 15) is 4.79 Å². The quantitative estimate of drug-likeness (QED) is 0.889. The van der Waals surface area contributed by atoms with E-state index in [1.807, 2.05) is 16.8 Å². The third-order valence-corrected chi connectivity index (χ3v) is 3.19. The summed E-state index contributed by atoms with van der Waals surface area (Å²) >= 11 is 7.43. The lowest BCUT2D eigenvalue weighted by molar-refractivity contribution is 0.102. The minimum atomic E-state index is -0.171. The number of amides is 1. The molecule has 2 rings (SSSR count). The molecule has 0 radical (unpaired) electrons. The van der Waals surface area contributed by atoms with Gasteiger partial charge in [0.05, 0.1) is 11.3 Å².